The van der Waals surface area contributed by atoms with Crippen LogP contribution in [0.1, 0.15) is 5.56 Å². The fraction of sp³-hybridized carbons (Fsp3) is 0.0769. The minimum Gasteiger partial charge on any atom is -0.374 e. The molecule has 0 aliphatic heterocycles. The van der Waals surface area contributed by atoms with Crippen LogP contribution in [0.25, 0.3) is 16.7 Å². The molecule has 0 atom stereocenters. The molecule has 1 aromatic carbocycles. The predicted molar refractivity (Wildman–Crippen MR) is 67.0 cm³/mol. The normalized spacial score (nSPS) is 10.6. The maximum atomic E-state index is 9.10. The van der Waals surface area contributed by atoms with Crippen LogP contribution in [-0.2, 0) is 0 Å². The van der Waals surface area contributed by atoms with E-state index >= 15 is 0 Å². The number of hydrogen-bond acceptors (Lipinski definition) is 3. The lowest BCUT2D eigenvalue weighted by Crippen LogP contribution is -1.98. The van der Waals surface area contributed by atoms with Crippen LogP contribution < -0.4 is 5.32 Å². The molecule has 1 N–H and O–H groups in total. The Bertz CT molecular complexity index is 749. The number of para-hydroxylation sites is 2. The number of rotatable bonds is 1. The molecule has 0 aliphatic carbocycles. The van der Waals surface area contributed by atoms with Crippen molar-refractivity contribution in [3.05, 3.63) is 42.0 Å². The Morgan fingerprint density at radius 3 is 2.82 bits per heavy atom. The third-order valence-corrected chi connectivity index (χ3v) is 2.83. The summed E-state index contributed by atoms with van der Waals surface area (Å²) in [6.07, 6.45) is 0. The highest BCUT2D eigenvalue weighted by atomic mass is 15.1. The largest absolute Gasteiger partial charge is 0.374 e. The lowest BCUT2D eigenvalue weighted by molar-refractivity contribution is 1.20. The van der Waals surface area contributed by atoms with E-state index in [1.807, 2.05) is 41.8 Å². The first-order chi connectivity index (χ1) is 8.35. The zero-order valence-electron chi connectivity index (χ0n) is 9.31. The molecule has 0 spiro atoms. The van der Waals surface area contributed by atoms with Gasteiger partial charge < -0.3 is 5.32 Å². The number of anilines is 1. The van der Waals surface area contributed by atoms with Gasteiger partial charge in [-0.2, -0.15) is 5.26 Å². The minimum atomic E-state index is 0.584. The van der Waals surface area contributed by atoms with Gasteiger partial charge in [0.05, 0.1) is 16.6 Å². The van der Waals surface area contributed by atoms with E-state index in [4.69, 9.17) is 5.26 Å². The Labute approximate surface area is 98.1 Å². The SMILES string of the molecule is CNc1ccc(C#N)c2nc3ccccc3n12. The number of hydrogen-bond donors (Lipinski definition) is 1. The van der Waals surface area contributed by atoms with Gasteiger partial charge in [0.15, 0.2) is 5.65 Å². The molecule has 2 heterocycles. The van der Waals surface area contributed by atoms with Gasteiger partial charge in [-0.3, -0.25) is 4.40 Å². The van der Waals surface area contributed by atoms with Gasteiger partial charge in [-0.1, -0.05) is 12.1 Å². The number of nitrogens with one attached hydrogen (secondary N) is 1. The van der Waals surface area contributed by atoms with Gasteiger partial charge >= 0.3 is 0 Å². The molecule has 0 saturated carbocycles. The second-order valence-corrected chi connectivity index (χ2v) is 3.75. The second-order valence-electron chi connectivity index (χ2n) is 3.75. The third-order valence-electron chi connectivity index (χ3n) is 2.83. The Morgan fingerprint density at radius 1 is 1.24 bits per heavy atom. The van der Waals surface area contributed by atoms with Gasteiger partial charge in [-0.25, -0.2) is 4.98 Å². The summed E-state index contributed by atoms with van der Waals surface area (Å²) in [4.78, 5) is 4.50. The standard InChI is InChI=1S/C13H10N4/c1-15-12-7-6-9(8-14)13-16-10-4-2-3-5-11(10)17(12)13/h2-7,15H,1H3. The van der Waals surface area contributed by atoms with Crippen molar-refractivity contribution >= 4 is 22.5 Å². The first-order valence-electron chi connectivity index (χ1n) is 5.33. The summed E-state index contributed by atoms with van der Waals surface area (Å²) in [5, 5.41) is 12.2. The fourth-order valence-corrected chi connectivity index (χ4v) is 2.04. The molecular formula is C13H10N4. The van der Waals surface area contributed by atoms with E-state index in [2.05, 4.69) is 16.4 Å². The lowest BCUT2D eigenvalue weighted by atomic mass is 10.3. The topological polar surface area (TPSA) is 53.1 Å². The molecule has 2 aromatic heterocycles. The van der Waals surface area contributed by atoms with Crippen LogP contribution in [-0.4, -0.2) is 16.4 Å². The number of fused-ring (bicyclic) bond motifs is 3. The minimum absolute atomic E-state index is 0.584. The first-order valence-corrected chi connectivity index (χ1v) is 5.33. The number of imidazole rings is 1. The summed E-state index contributed by atoms with van der Waals surface area (Å²) in [5.74, 6) is 0.924. The number of nitrogens with zero attached hydrogens (tertiary/aromatic N) is 3. The molecule has 0 unspecified atom stereocenters. The van der Waals surface area contributed by atoms with Crippen LogP contribution in [0.15, 0.2) is 36.4 Å². The van der Waals surface area contributed by atoms with Crippen LogP contribution in [0, 0.1) is 11.3 Å². The predicted octanol–water partition coefficient (Wildman–Crippen LogP) is 2.40. The molecule has 0 radical (unpaired) electrons. The average Bonchev–Trinajstić information content (AvgIpc) is 2.77. The van der Waals surface area contributed by atoms with Crippen molar-refractivity contribution in [2.45, 2.75) is 0 Å². The van der Waals surface area contributed by atoms with Crippen molar-refractivity contribution in [1.82, 2.24) is 9.38 Å². The van der Waals surface area contributed by atoms with Gasteiger partial charge in [0.2, 0.25) is 0 Å². The van der Waals surface area contributed by atoms with E-state index in [0.29, 0.717) is 11.2 Å². The Kier molecular flexibility index (Phi) is 1.99. The van der Waals surface area contributed by atoms with Gasteiger partial charge in [0.1, 0.15) is 11.9 Å². The zero-order valence-corrected chi connectivity index (χ0v) is 9.31. The number of aromatic nitrogens is 2. The summed E-state index contributed by atoms with van der Waals surface area (Å²) >= 11 is 0. The van der Waals surface area contributed by atoms with Crippen molar-refractivity contribution in [3.63, 3.8) is 0 Å². The van der Waals surface area contributed by atoms with Crippen LogP contribution in [0.4, 0.5) is 5.82 Å². The van der Waals surface area contributed by atoms with Crippen LogP contribution in [0.2, 0.25) is 0 Å². The summed E-state index contributed by atoms with van der Waals surface area (Å²) in [5.41, 5.74) is 3.18. The lowest BCUT2D eigenvalue weighted by Gasteiger charge is -2.05. The van der Waals surface area contributed by atoms with E-state index in [1.54, 1.807) is 6.07 Å². The highest BCUT2D eigenvalue weighted by Gasteiger charge is 2.10. The Hall–Kier alpha value is -2.54. The van der Waals surface area contributed by atoms with Crippen molar-refractivity contribution in [2.24, 2.45) is 0 Å². The highest BCUT2D eigenvalue weighted by Crippen LogP contribution is 2.23. The van der Waals surface area contributed by atoms with Crippen molar-refractivity contribution in [2.75, 3.05) is 12.4 Å². The van der Waals surface area contributed by atoms with E-state index < -0.39 is 0 Å². The van der Waals surface area contributed by atoms with Crippen molar-refractivity contribution in [1.29, 1.82) is 5.26 Å². The zero-order chi connectivity index (χ0) is 11.8. The first kappa shape index (κ1) is 9.67. The highest BCUT2D eigenvalue weighted by molar-refractivity contribution is 5.84. The fourth-order valence-electron chi connectivity index (χ4n) is 2.04. The molecule has 0 saturated heterocycles. The van der Waals surface area contributed by atoms with Crippen LogP contribution in [0.5, 0.6) is 0 Å². The van der Waals surface area contributed by atoms with Gasteiger partial charge in [-0.15, -0.1) is 0 Å². The van der Waals surface area contributed by atoms with Crippen molar-refractivity contribution in [3.8, 4) is 6.07 Å². The molecule has 3 aromatic rings. The molecular weight excluding hydrogens is 212 g/mol. The van der Waals surface area contributed by atoms with Gasteiger partial charge in [0.25, 0.3) is 0 Å². The van der Waals surface area contributed by atoms with Crippen LogP contribution in [0.3, 0.4) is 0 Å². The maximum absolute atomic E-state index is 9.10. The summed E-state index contributed by atoms with van der Waals surface area (Å²) < 4.78 is 1.97. The number of pyridine rings is 1. The van der Waals surface area contributed by atoms with E-state index in [1.165, 1.54) is 0 Å². The van der Waals surface area contributed by atoms with Crippen molar-refractivity contribution < 1.29 is 0 Å². The molecule has 0 bridgehead atoms. The summed E-state index contributed by atoms with van der Waals surface area (Å²) in [6.45, 7) is 0. The molecule has 82 valence electrons. The Morgan fingerprint density at radius 2 is 2.06 bits per heavy atom. The van der Waals surface area contributed by atoms with Crippen LogP contribution >= 0.6 is 0 Å². The smallest absolute Gasteiger partial charge is 0.157 e. The monoisotopic (exact) mass is 222 g/mol. The van der Waals surface area contributed by atoms with Gasteiger partial charge in [-0.05, 0) is 24.3 Å². The molecule has 0 aliphatic rings. The molecule has 4 nitrogen and oxygen atoms in total. The average molecular weight is 222 g/mol. The third kappa shape index (κ3) is 1.26. The van der Waals surface area contributed by atoms with E-state index in [-0.39, 0.29) is 0 Å². The molecule has 17 heavy (non-hydrogen) atoms. The molecule has 4 heteroatoms. The number of nitriles is 1. The molecule has 0 amide bonds. The maximum Gasteiger partial charge on any atom is 0.157 e. The van der Waals surface area contributed by atoms with E-state index in [9.17, 15) is 0 Å². The number of benzene rings is 1. The van der Waals surface area contributed by atoms with Gasteiger partial charge in [0, 0.05) is 7.05 Å². The van der Waals surface area contributed by atoms with E-state index in [0.717, 1.165) is 16.9 Å². The molecule has 0 fully saturated rings. The Balaban J connectivity index is 2.59. The summed E-state index contributed by atoms with van der Waals surface area (Å²) in [7, 11) is 1.86. The quantitative estimate of drug-likeness (QED) is 0.687. The summed E-state index contributed by atoms with van der Waals surface area (Å²) in [6, 6.07) is 13.7. The molecule has 3 rings (SSSR count). The second kappa shape index (κ2) is 3.49.